The third kappa shape index (κ3) is 14.5. The van der Waals surface area contributed by atoms with Crippen LogP contribution in [0.2, 0.25) is 0 Å². The Morgan fingerprint density at radius 2 is 1.21 bits per heavy atom. The fraction of sp³-hybridized carbons (Fsp3) is 0.810. The molecule has 0 aliphatic carbocycles. The van der Waals surface area contributed by atoms with E-state index in [1.165, 1.54) is 82.5 Å². The summed E-state index contributed by atoms with van der Waals surface area (Å²) in [4.78, 5) is 23.9. The van der Waals surface area contributed by atoms with E-state index < -0.39 is 0 Å². The number of nitrogens with zero attached hydrogens (tertiary/aromatic N) is 1. The summed E-state index contributed by atoms with van der Waals surface area (Å²) < 4.78 is 0. The molecule has 2 amide bonds. The summed E-state index contributed by atoms with van der Waals surface area (Å²) in [5.74, 6) is -0.229. The molecule has 0 aromatic heterocycles. The summed E-state index contributed by atoms with van der Waals surface area (Å²) in [6.45, 7) is 3.69. The first-order chi connectivity index (χ1) is 11.6. The molecule has 0 spiro atoms. The van der Waals surface area contributed by atoms with E-state index >= 15 is 0 Å². The van der Waals surface area contributed by atoms with Gasteiger partial charge in [0.25, 0.3) is 0 Å². The van der Waals surface area contributed by atoms with E-state index in [0.717, 1.165) is 12.8 Å². The van der Waals surface area contributed by atoms with Crippen molar-refractivity contribution >= 4 is 11.8 Å². The molecule has 0 atom stereocenters. The molecule has 0 radical (unpaired) electrons. The number of hydrogen-bond donors (Lipinski definition) is 0. The zero-order chi connectivity index (χ0) is 18.0. The van der Waals surface area contributed by atoms with Gasteiger partial charge in [-0.3, -0.25) is 14.5 Å². The summed E-state index contributed by atoms with van der Waals surface area (Å²) in [6, 6.07) is 0. The Labute approximate surface area is 149 Å². The van der Waals surface area contributed by atoms with E-state index in [2.05, 4.69) is 19.1 Å². The third-order valence-corrected chi connectivity index (χ3v) is 4.50. The van der Waals surface area contributed by atoms with Crippen LogP contribution in [0.25, 0.3) is 0 Å². The Kier molecular flexibility index (Phi) is 15.9. The summed E-state index contributed by atoms with van der Waals surface area (Å²) >= 11 is 0. The molecule has 0 aromatic rings. The van der Waals surface area contributed by atoms with E-state index in [4.69, 9.17) is 0 Å². The highest BCUT2D eigenvalue weighted by molar-refractivity contribution is 5.93. The maximum Gasteiger partial charge on any atom is 0.228 e. The standard InChI is InChI=1S/C21H39NO2/c1-4-5-6-7-8-9-10-11-12-13-14-15-16-17-18-19-21(24)22(3)20(2)23/h11-12H,4-10,13-19H2,1-3H3. The normalized spacial score (nSPS) is 11.1. The van der Waals surface area contributed by atoms with Crippen LogP contribution in [0.5, 0.6) is 0 Å². The van der Waals surface area contributed by atoms with Crippen LogP contribution in [0.4, 0.5) is 0 Å². The van der Waals surface area contributed by atoms with Crippen molar-refractivity contribution in [2.45, 2.75) is 104 Å². The van der Waals surface area contributed by atoms with Gasteiger partial charge in [0.2, 0.25) is 11.8 Å². The molecule has 0 saturated heterocycles. The number of rotatable bonds is 15. The first-order valence-corrected chi connectivity index (χ1v) is 10.0. The molecule has 0 aromatic carbocycles. The molecule has 0 fully saturated rings. The topological polar surface area (TPSA) is 37.4 Å². The molecular formula is C21H39NO2. The van der Waals surface area contributed by atoms with E-state index in [-0.39, 0.29) is 11.8 Å². The highest BCUT2D eigenvalue weighted by Crippen LogP contribution is 2.10. The second-order valence-electron chi connectivity index (χ2n) is 6.81. The van der Waals surface area contributed by atoms with Crippen LogP contribution in [0, 0.1) is 0 Å². The van der Waals surface area contributed by atoms with Crippen molar-refractivity contribution in [2.75, 3.05) is 7.05 Å². The molecule has 24 heavy (non-hydrogen) atoms. The first-order valence-electron chi connectivity index (χ1n) is 10.0. The number of allylic oxidation sites excluding steroid dienone is 2. The number of amides is 2. The smallest absolute Gasteiger partial charge is 0.228 e. The van der Waals surface area contributed by atoms with Crippen LogP contribution >= 0.6 is 0 Å². The summed E-state index contributed by atoms with van der Waals surface area (Å²) in [6.07, 6.45) is 21.4. The van der Waals surface area contributed by atoms with Gasteiger partial charge in [0, 0.05) is 20.4 Å². The summed E-state index contributed by atoms with van der Waals surface area (Å²) in [5, 5.41) is 0. The van der Waals surface area contributed by atoms with E-state index in [1.54, 1.807) is 7.05 Å². The molecule has 0 unspecified atom stereocenters. The highest BCUT2D eigenvalue weighted by atomic mass is 16.2. The lowest BCUT2D eigenvalue weighted by Crippen LogP contribution is -2.30. The molecule has 3 heteroatoms. The minimum absolute atomic E-state index is 0.0554. The number of unbranched alkanes of at least 4 members (excludes halogenated alkanes) is 11. The minimum Gasteiger partial charge on any atom is -0.286 e. The van der Waals surface area contributed by atoms with Gasteiger partial charge >= 0.3 is 0 Å². The van der Waals surface area contributed by atoms with E-state index in [9.17, 15) is 9.59 Å². The molecule has 0 aliphatic rings. The van der Waals surface area contributed by atoms with Crippen molar-refractivity contribution in [3.63, 3.8) is 0 Å². The van der Waals surface area contributed by atoms with Gasteiger partial charge in [-0.1, -0.05) is 70.4 Å². The van der Waals surface area contributed by atoms with Crippen LogP contribution in [0.1, 0.15) is 104 Å². The van der Waals surface area contributed by atoms with Crippen LogP contribution in [-0.2, 0) is 9.59 Å². The van der Waals surface area contributed by atoms with Gasteiger partial charge in [0.1, 0.15) is 0 Å². The van der Waals surface area contributed by atoms with Gasteiger partial charge in [0.05, 0.1) is 0 Å². The maximum atomic E-state index is 11.6. The maximum absolute atomic E-state index is 11.6. The molecule has 0 heterocycles. The third-order valence-electron chi connectivity index (χ3n) is 4.50. The van der Waals surface area contributed by atoms with Crippen molar-refractivity contribution in [3.05, 3.63) is 12.2 Å². The fourth-order valence-electron chi connectivity index (χ4n) is 2.69. The van der Waals surface area contributed by atoms with Crippen LogP contribution in [-0.4, -0.2) is 23.8 Å². The number of carbonyl (C=O) groups excluding carboxylic acids is 2. The number of imide groups is 1. The van der Waals surface area contributed by atoms with Gasteiger partial charge in [-0.2, -0.15) is 0 Å². The molecule has 0 aliphatic heterocycles. The molecule has 0 saturated carbocycles. The second kappa shape index (κ2) is 16.7. The SMILES string of the molecule is CCCCCCCCC=CCCCCCCCC(=O)N(C)C(C)=O. The van der Waals surface area contributed by atoms with Crippen molar-refractivity contribution in [2.24, 2.45) is 0 Å². The van der Waals surface area contributed by atoms with Crippen LogP contribution in [0.3, 0.4) is 0 Å². The Balaban J connectivity index is 3.29. The van der Waals surface area contributed by atoms with E-state index in [1.807, 2.05) is 0 Å². The Morgan fingerprint density at radius 1 is 0.750 bits per heavy atom. The zero-order valence-corrected chi connectivity index (χ0v) is 16.3. The lowest BCUT2D eigenvalue weighted by Gasteiger charge is -2.12. The quantitative estimate of drug-likeness (QED) is 0.270. The van der Waals surface area contributed by atoms with Crippen molar-refractivity contribution in [1.82, 2.24) is 4.90 Å². The van der Waals surface area contributed by atoms with Gasteiger partial charge in [-0.15, -0.1) is 0 Å². The monoisotopic (exact) mass is 337 g/mol. The predicted octanol–water partition coefficient (Wildman–Crippen LogP) is 6.03. The molecule has 3 nitrogen and oxygen atoms in total. The van der Waals surface area contributed by atoms with Gasteiger partial charge in [0.15, 0.2) is 0 Å². The van der Waals surface area contributed by atoms with Crippen LogP contribution < -0.4 is 0 Å². The fourth-order valence-corrected chi connectivity index (χ4v) is 2.69. The average Bonchev–Trinajstić information content (AvgIpc) is 2.57. The van der Waals surface area contributed by atoms with Crippen molar-refractivity contribution in [1.29, 1.82) is 0 Å². The molecular weight excluding hydrogens is 298 g/mol. The molecule has 140 valence electrons. The molecule has 0 N–H and O–H groups in total. The first kappa shape index (κ1) is 22.9. The molecule has 0 bridgehead atoms. The summed E-state index contributed by atoms with van der Waals surface area (Å²) in [5.41, 5.74) is 0. The number of carbonyl (C=O) groups is 2. The Bertz CT molecular complexity index is 350. The highest BCUT2D eigenvalue weighted by Gasteiger charge is 2.11. The minimum atomic E-state index is -0.173. The lowest BCUT2D eigenvalue weighted by molar-refractivity contribution is -0.141. The van der Waals surface area contributed by atoms with Gasteiger partial charge in [-0.05, 0) is 32.1 Å². The number of hydrogen-bond acceptors (Lipinski definition) is 2. The van der Waals surface area contributed by atoms with Gasteiger partial charge in [-0.25, -0.2) is 0 Å². The largest absolute Gasteiger partial charge is 0.286 e. The van der Waals surface area contributed by atoms with Crippen molar-refractivity contribution < 1.29 is 9.59 Å². The van der Waals surface area contributed by atoms with Gasteiger partial charge < -0.3 is 0 Å². The predicted molar refractivity (Wildman–Crippen MR) is 103 cm³/mol. The van der Waals surface area contributed by atoms with E-state index in [0.29, 0.717) is 6.42 Å². The Morgan fingerprint density at radius 3 is 1.71 bits per heavy atom. The molecule has 0 rings (SSSR count). The van der Waals surface area contributed by atoms with Crippen molar-refractivity contribution in [3.8, 4) is 0 Å². The van der Waals surface area contributed by atoms with Crippen LogP contribution in [0.15, 0.2) is 12.2 Å². The lowest BCUT2D eigenvalue weighted by atomic mass is 10.1. The second-order valence-corrected chi connectivity index (χ2v) is 6.81. The summed E-state index contributed by atoms with van der Waals surface area (Å²) in [7, 11) is 1.56. The Hall–Kier alpha value is -1.12. The average molecular weight is 338 g/mol. The zero-order valence-electron chi connectivity index (χ0n) is 16.3.